The van der Waals surface area contributed by atoms with Crippen LogP contribution in [0.15, 0.2) is 46.0 Å². The van der Waals surface area contributed by atoms with Gasteiger partial charge in [-0.05, 0) is 0 Å². The Morgan fingerprint density at radius 2 is 1.07 bits per heavy atom. The van der Waals surface area contributed by atoms with Crippen LogP contribution in [0.25, 0.3) is 44.7 Å². The first-order valence-electron chi connectivity index (χ1n) is 27.7. The summed E-state index contributed by atoms with van der Waals surface area (Å²) in [5.74, 6) is -5.75. The van der Waals surface area contributed by atoms with E-state index in [0.717, 1.165) is 57.0 Å². The van der Waals surface area contributed by atoms with Gasteiger partial charge in [-0.1, -0.05) is 11.8 Å². The second kappa shape index (κ2) is 26.6. The van der Waals surface area contributed by atoms with Gasteiger partial charge in [0, 0.05) is 7.11 Å². The molecule has 4 aliphatic heterocycles. The van der Waals surface area contributed by atoms with Crippen molar-refractivity contribution in [3.63, 3.8) is 0 Å². The number of nitrogen functional groups attached to an aromatic ring is 4. The molecular weight excluding hydrogens is 1470 g/mol. The summed E-state index contributed by atoms with van der Waals surface area (Å²) in [5, 5.41) is 44.4. The van der Waals surface area contributed by atoms with Crippen molar-refractivity contribution in [1.82, 2.24) is 73.1 Å². The van der Waals surface area contributed by atoms with Crippen LogP contribution in [0.5, 0.6) is 0 Å². The molecule has 0 saturated carbocycles. The summed E-state index contributed by atoms with van der Waals surface area (Å²) in [6, 6.07) is 0. The van der Waals surface area contributed by atoms with Gasteiger partial charge < -0.3 is 101 Å². The van der Waals surface area contributed by atoms with E-state index in [1.54, 1.807) is 0 Å². The number of ether oxygens (including phenoxy) is 5. The van der Waals surface area contributed by atoms with Gasteiger partial charge in [0.15, 0.2) is 58.6 Å². The number of aromatic amines is 3. The highest BCUT2D eigenvalue weighted by atomic mass is 32.5. The Bertz CT molecular complexity index is 4890. The molecule has 8 aromatic rings. The molecule has 4 aliphatic rings. The maximum absolute atomic E-state index is 15.6. The summed E-state index contributed by atoms with van der Waals surface area (Å²) in [6.45, 7) is -10.4. The predicted octanol–water partition coefficient (Wildman–Crippen LogP) is -5.48. The van der Waals surface area contributed by atoms with Gasteiger partial charge in [-0.2, -0.15) is 36.9 Å². The second-order valence-electron chi connectivity index (χ2n) is 21.7. The molecule has 0 spiro atoms. The third-order valence-electron chi connectivity index (χ3n) is 15.3. The van der Waals surface area contributed by atoms with Crippen molar-refractivity contribution >= 4 is 118 Å². The number of hydrogen-bond donors (Lipinski definition) is 15. The van der Waals surface area contributed by atoms with Crippen molar-refractivity contribution in [3.8, 4) is 0 Å². The number of fused-ring (bicyclic) bond motifs is 4. The Hall–Kier alpha value is -6.65. The van der Waals surface area contributed by atoms with Crippen molar-refractivity contribution in [2.24, 2.45) is 7.05 Å². The van der Waals surface area contributed by atoms with Crippen molar-refractivity contribution in [2.45, 2.75) is 98.0 Å². The Balaban J connectivity index is 0.742. The van der Waals surface area contributed by atoms with Gasteiger partial charge in [-0.15, -0.1) is 0 Å². The van der Waals surface area contributed by atoms with E-state index < -0.39 is 197 Å². The summed E-state index contributed by atoms with van der Waals surface area (Å²) in [6.07, 6.45) is -24.8. The maximum atomic E-state index is 15.6. The van der Waals surface area contributed by atoms with E-state index in [2.05, 4.69) is 68.0 Å². The van der Waals surface area contributed by atoms with Gasteiger partial charge in [0.1, 0.15) is 79.6 Å². The highest BCUT2D eigenvalue weighted by molar-refractivity contribution is 8.06. The van der Waals surface area contributed by atoms with Crippen molar-refractivity contribution < 1.29 is 136 Å². The number of rotatable bonds is 25. The molecule has 12 heterocycles. The molecule has 0 aromatic carbocycles. The fourth-order valence-electron chi connectivity index (χ4n) is 11.0. The molecule has 4 saturated heterocycles. The number of halogens is 2. The molecule has 20 unspecified atom stereocenters. The number of anilines is 4. The first kappa shape index (κ1) is 72.1. The van der Waals surface area contributed by atoms with Crippen LogP contribution in [0.1, 0.15) is 24.9 Å². The standard InChI is InChI=1S/C42H53F2N20O29P5S/c1-60-11-64(31-19(60)34(71)59-41(48)56-31)38-42(43,44)26(68)15(89-38)6-84-96(76,77)93-97(78,79)92-95(74,75)83-4-14-24(25(81-2)37(88-14)61-8-51-16-27(45)49-7-50-28(16)61)91-98(80,99)85-5-13-23(22(67)36(87-13)63-10-53-18-30(63)55-40(47)58-33(18)70)90-94(72,73)82-3-12-20(65)21(66)35(86-12)62-9-52-17-29(62)54-39(46)57-32(17)69/h7-15,20-26,35-38,65-68H,3-6H2,1-2H3,(H15-,45,46,47,48,49,50,54,55,56,57,58,59,69,70,71,72,73,74,75,76,77,78,79,80,99). The molecule has 4 fully saturated rings. The molecule has 0 bridgehead atoms. The van der Waals surface area contributed by atoms with Crippen LogP contribution in [-0.2, 0) is 96.6 Å². The molecule has 540 valence electrons. The number of H-pyrrole nitrogens is 3. The van der Waals surface area contributed by atoms with Gasteiger partial charge in [-0.3, -0.25) is 61.1 Å². The van der Waals surface area contributed by atoms with Crippen LogP contribution in [-0.4, -0.2) is 220 Å². The molecule has 20 atom stereocenters. The number of aryl methyl sites for hydroxylation is 1. The van der Waals surface area contributed by atoms with Crippen LogP contribution in [0.2, 0.25) is 0 Å². The largest absolute Gasteiger partial charge is 0.780 e. The van der Waals surface area contributed by atoms with E-state index in [1.807, 2.05) is 0 Å². The Morgan fingerprint density at radius 3 is 1.67 bits per heavy atom. The quantitative estimate of drug-likeness (QED) is 0.0187. The second-order valence-corrected chi connectivity index (χ2v) is 30.5. The number of nitrogens with one attached hydrogen (secondary N) is 3. The van der Waals surface area contributed by atoms with E-state index in [0.29, 0.717) is 4.57 Å². The minimum Gasteiger partial charge on any atom is -0.780 e. The van der Waals surface area contributed by atoms with Gasteiger partial charge in [0.25, 0.3) is 28.5 Å². The number of aliphatic hydroxyl groups excluding tert-OH is 4. The summed E-state index contributed by atoms with van der Waals surface area (Å²) >= 11 is 5.28. The lowest BCUT2D eigenvalue weighted by Gasteiger charge is -2.35. The maximum Gasteiger partial charge on any atom is 0.490 e. The van der Waals surface area contributed by atoms with E-state index in [9.17, 15) is 77.5 Å². The molecular formula is C42H53F2N20O29P5S. The average molecular weight is 1530 g/mol. The predicted molar refractivity (Wildman–Crippen MR) is 316 cm³/mol. The SMILES string of the molecule is COC1C(OP([O-])(=S)OCC2OC(n3cnc4c(=O)[nH]c(N)nc43)C(O)C2OP(=O)(O)OCC2OC(n3cnc4c(=O)[nH]c(N)nc43)C(O)C2O)C(COP(=O)(O)OP(=O)(O)OP(=O)(O)OCC2OC(n3c[n+](C)c4c(=O)[nH]c(N)nc43)C(F)(F)C2O)OC1n1cnc2c(N)ncnc21. The van der Waals surface area contributed by atoms with Gasteiger partial charge in [-0.25, -0.2) is 47.7 Å². The number of nitrogens with zero attached hydrogens (tertiary/aromatic N) is 13. The summed E-state index contributed by atoms with van der Waals surface area (Å²) in [5.41, 5.74) is 18.6. The Morgan fingerprint density at radius 1 is 0.586 bits per heavy atom. The highest BCUT2D eigenvalue weighted by Crippen LogP contribution is 2.68. The Kier molecular flexibility index (Phi) is 19.4. The number of hydrogen-bond acceptors (Lipinski definition) is 38. The normalized spacial score (nSPS) is 30.3. The lowest BCUT2D eigenvalue weighted by atomic mass is 10.1. The van der Waals surface area contributed by atoms with Crippen LogP contribution in [0, 0.1) is 0 Å². The van der Waals surface area contributed by atoms with E-state index >= 15 is 8.78 Å². The zero-order valence-electron chi connectivity index (χ0n) is 49.5. The molecule has 19 N–H and O–H groups in total. The van der Waals surface area contributed by atoms with E-state index in [-0.39, 0.29) is 50.8 Å². The van der Waals surface area contributed by atoms with Gasteiger partial charge in [0.2, 0.25) is 24.2 Å². The number of imidazole rings is 4. The number of alkyl halides is 2. The third-order valence-corrected chi connectivity index (χ3v) is 22.0. The zero-order chi connectivity index (χ0) is 71.5. The van der Waals surface area contributed by atoms with Crippen LogP contribution >= 0.6 is 38.0 Å². The van der Waals surface area contributed by atoms with Gasteiger partial charge >= 0.3 is 42.8 Å². The molecule has 12 rings (SSSR count). The Labute approximate surface area is 549 Å². The van der Waals surface area contributed by atoms with Crippen LogP contribution < -0.4 is 49.1 Å². The fraction of sp³-hybridized carbons (Fsp3) is 0.524. The zero-order valence-corrected chi connectivity index (χ0v) is 54.8. The van der Waals surface area contributed by atoms with Crippen molar-refractivity contribution in [2.75, 3.05) is 56.5 Å². The number of aromatic nitrogens is 16. The van der Waals surface area contributed by atoms with E-state index in [1.165, 1.54) is 7.05 Å². The third kappa shape index (κ3) is 14.2. The summed E-state index contributed by atoms with van der Waals surface area (Å²) in [7, 11) is -22.0. The van der Waals surface area contributed by atoms with Crippen LogP contribution in [0.4, 0.5) is 32.4 Å². The first-order chi connectivity index (χ1) is 46.4. The molecule has 0 amide bonds. The smallest absolute Gasteiger partial charge is 0.490 e. The monoisotopic (exact) mass is 1530 g/mol. The number of phosphoric ester groups is 3. The molecule has 49 nitrogen and oxygen atoms in total. The molecule has 0 aliphatic carbocycles. The lowest BCUT2D eigenvalue weighted by Crippen LogP contribution is -2.39. The fourth-order valence-corrected chi connectivity index (χ4v) is 16.9. The molecule has 57 heteroatoms. The lowest BCUT2D eigenvalue weighted by molar-refractivity contribution is -0.646. The topological polar surface area (TPSA) is 703 Å². The van der Waals surface area contributed by atoms with Gasteiger partial charge in [0.05, 0.1) is 52.5 Å². The van der Waals surface area contributed by atoms with Crippen molar-refractivity contribution in [1.29, 1.82) is 0 Å². The summed E-state index contributed by atoms with van der Waals surface area (Å²) in [4.78, 5) is 134. The molecule has 8 aromatic heterocycles. The molecule has 99 heavy (non-hydrogen) atoms. The number of methoxy groups -OCH3 is 1. The number of aliphatic hydroxyl groups is 4. The average Bonchev–Trinajstić information content (AvgIpc) is 1.60. The first-order valence-corrected chi connectivity index (χ1v) is 36.3. The minimum absolute atomic E-state index is 0.0274. The summed E-state index contributed by atoms with van der Waals surface area (Å²) < 4.78 is 158. The molecule has 0 radical (unpaired) electrons. The number of phosphoric acid groups is 4. The van der Waals surface area contributed by atoms with Crippen LogP contribution in [0.3, 0.4) is 0 Å². The van der Waals surface area contributed by atoms with Crippen molar-refractivity contribution in [3.05, 3.63) is 62.7 Å². The number of nitrogens with two attached hydrogens (primary N) is 4. The van der Waals surface area contributed by atoms with E-state index in [4.69, 9.17) is 81.0 Å². The minimum atomic E-state index is -6.41. The highest BCUT2D eigenvalue weighted by Gasteiger charge is 2.63.